The predicted molar refractivity (Wildman–Crippen MR) is 96.6 cm³/mol. The fourth-order valence-corrected chi connectivity index (χ4v) is 3.16. The zero-order valence-electron chi connectivity index (χ0n) is 15.2. The van der Waals surface area contributed by atoms with Crippen LogP contribution in [-0.2, 0) is 19.1 Å². The Hall–Kier alpha value is -3.20. The maximum atomic E-state index is 14.6. The van der Waals surface area contributed by atoms with Gasteiger partial charge in [-0.3, -0.25) is 14.5 Å². The molecule has 0 bridgehead atoms. The van der Waals surface area contributed by atoms with E-state index in [1.165, 1.54) is 18.2 Å². The van der Waals surface area contributed by atoms with Crippen LogP contribution < -0.4 is 9.64 Å². The van der Waals surface area contributed by atoms with E-state index < -0.39 is 47.3 Å². The Labute approximate surface area is 168 Å². The van der Waals surface area contributed by atoms with E-state index in [9.17, 15) is 23.2 Å². The molecule has 10 heteroatoms. The molecule has 0 unspecified atom stereocenters. The number of halogens is 3. The molecule has 0 radical (unpaired) electrons. The predicted octanol–water partition coefficient (Wildman–Crippen LogP) is 3.09. The lowest BCUT2D eigenvalue weighted by atomic mass is 9.99. The summed E-state index contributed by atoms with van der Waals surface area (Å²) in [6.07, 6.45) is -0.819. The summed E-state index contributed by atoms with van der Waals surface area (Å²) in [6, 6.07) is 6.34. The van der Waals surface area contributed by atoms with Gasteiger partial charge in [-0.05, 0) is 30.3 Å². The summed E-state index contributed by atoms with van der Waals surface area (Å²) in [5.41, 5.74) is -3.03. The number of anilines is 1. The third-order valence-corrected chi connectivity index (χ3v) is 4.52. The van der Waals surface area contributed by atoms with Crippen molar-refractivity contribution in [2.75, 3.05) is 19.1 Å². The van der Waals surface area contributed by atoms with Gasteiger partial charge in [-0.15, -0.1) is 0 Å². The van der Waals surface area contributed by atoms with Crippen LogP contribution in [0, 0.1) is 11.6 Å². The van der Waals surface area contributed by atoms with Gasteiger partial charge in [-0.1, -0.05) is 11.6 Å². The number of carbonyl (C=O) groups excluding carboxylic acids is 3. The highest BCUT2D eigenvalue weighted by Crippen LogP contribution is 2.41. The third kappa shape index (κ3) is 3.49. The number of ether oxygens (including phenoxy) is 3. The molecule has 0 saturated heterocycles. The molecule has 0 N–H and O–H groups in total. The Morgan fingerprint density at radius 3 is 2.48 bits per heavy atom. The van der Waals surface area contributed by atoms with E-state index in [1.54, 1.807) is 0 Å². The number of fused-ring (bicyclic) bond motifs is 1. The molecule has 1 aliphatic heterocycles. The van der Waals surface area contributed by atoms with E-state index in [0.29, 0.717) is 11.0 Å². The van der Waals surface area contributed by atoms with Crippen LogP contribution in [0.5, 0.6) is 5.75 Å². The lowest BCUT2D eigenvalue weighted by Crippen LogP contribution is -2.65. The van der Waals surface area contributed by atoms with Gasteiger partial charge >= 0.3 is 11.9 Å². The molecule has 0 saturated carbocycles. The molecular weight excluding hydrogens is 412 g/mol. The first kappa shape index (κ1) is 20.5. The van der Waals surface area contributed by atoms with Crippen molar-refractivity contribution in [3.8, 4) is 5.75 Å². The second kappa shape index (κ2) is 7.67. The van der Waals surface area contributed by atoms with Gasteiger partial charge in [0, 0.05) is 11.1 Å². The first-order valence-corrected chi connectivity index (χ1v) is 8.54. The average Bonchev–Trinajstić information content (AvgIpc) is 2.69. The van der Waals surface area contributed by atoms with Gasteiger partial charge < -0.3 is 14.2 Å². The molecular formula is C19H14ClF2NO6. The molecule has 1 amide bonds. The van der Waals surface area contributed by atoms with Gasteiger partial charge in [0.05, 0.1) is 25.5 Å². The Morgan fingerprint density at radius 1 is 1.14 bits per heavy atom. The summed E-state index contributed by atoms with van der Waals surface area (Å²) in [5, 5.41) is 0.179. The van der Waals surface area contributed by atoms with Crippen LogP contribution >= 0.6 is 11.6 Å². The van der Waals surface area contributed by atoms with E-state index >= 15 is 0 Å². The van der Waals surface area contributed by atoms with Crippen LogP contribution in [0.4, 0.5) is 14.5 Å². The summed E-state index contributed by atoms with van der Waals surface area (Å²) < 4.78 is 43.1. The van der Waals surface area contributed by atoms with Crippen molar-refractivity contribution in [3.63, 3.8) is 0 Å². The smallest absolute Gasteiger partial charge is 0.373 e. The number of esters is 2. The van der Waals surface area contributed by atoms with Crippen molar-refractivity contribution in [3.05, 3.63) is 58.6 Å². The summed E-state index contributed by atoms with van der Waals surface area (Å²) in [5.74, 6) is -5.16. The molecule has 0 fully saturated rings. The van der Waals surface area contributed by atoms with E-state index in [0.717, 1.165) is 26.4 Å². The number of rotatable bonds is 4. The van der Waals surface area contributed by atoms with Crippen LogP contribution in [0.3, 0.4) is 0 Å². The number of carbonyl (C=O) groups is 3. The van der Waals surface area contributed by atoms with E-state index in [1.807, 2.05) is 0 Å². The number of nitrogens with zero attached hydrogens (tertiary/aromatic N) is 1. The lowest BCUT2D eigenvalue weighted by Gasteiger charge is -2.44. The minimum absolute atomic E-state index is 0.0764. The lowest BCUT2D eigenvalue weighted by molar-refractivity contribution is -0.166. The maximum absolute atomic E-state index is 14.6. The largest absolute Gasteiger partial charge is 0.469 e. The number of hydrogen-bond acceptors (Lipinski definition) is 6. The molecule has 3 rings (SSSR count). The highest BCUT2D eigenvalue weighted by atomic mass is 35.5. The van der Waals surface area contributed by atoms with Crippen molar-refractivity contribution >= 4 is 35.1 Å². The van der Waals surface area contributed by atoms with Gasteiger partial charge in [0.15, 0.2) is 0 Å². The van der Waals surface area contributed by atoms with Crippen molar-refractivity contribution < 1.29 is 37.4 Å². The fraction of sp³-hybridized carbons (Fsp3) is 0.211. The van der Waals surface area contributed by atoms with Crippen LogP contribution in [0.25, 0.3) is 0 Å². The average molecular weight is 426 g/mol. The Morgan fingerprint density at radius 2 is 1.86 bits per heavy atom. The zero-order chi connectivity index (χ0) is 21.3. The minimum atomic E-state index is -2.43. The molecule has 29 heavy (non-hydrogen) atoms. The van der Waals surface area contributed by atoms with E-state index in [4.69, 9.17) is 21.1 Å². The van der Waals surface area contributed by atoms with Gasteiger partial charge in [-0.25, -0.2) is 13.6 Å². The second-order valence-electron chi connectivity index (χ2n) is 6.01. The molecule has 2 aromatic rings. The minimum Gasteiger partial charge on any atom is -0.469 e. The third-order valence-electron chi connectivity index (χ3n) is 4.28. The van der Waals surface area contributed by atoms with E-state index in [-0.39, 0.29) is 16.3 Å². The summed E-state index contributed by atoms with van der Waals surface area (Å²) in [4.78, 5) is 38.7. The normalized spacial score (nSPS) is 18.0. The molecule has 152 valence electrons. The standard InChI is InChI=1S/C19H14ClF2NO6/c1-27-16(24)9-19(18(26)28-2)23(14-5-4-11(21)8-13(14)22)17(25)12-7-10(20)3-6-15(12)29-19/h3-8H,9H2,1-2H3/t19-/m0/s1. The number of methoxy groups -OCH3 is 2. The first-order chi connectivity index (χ1) is 13.7. The van der Waals surface area contributed by atoms with Crippen LogP contribution in [0.1, 0.15) is 16.8 Å². The van der Waals surface area contributed by atoms with E-state index in [2.05, 4.69) is 4.74 Å². The molecule has 1 aliphatic rings. The molecule has 0 spiro atoms. The zero-order valence-corrected chi connectivity index (χ0v) is 16.0. The van der Waals surface area contributed by atoms with Crippen molar-refractivity contribution in [2.24, 2.45) is 0 Å². The van der Waals surface area contributed by atoms with Crippen LogP contribution in [-0.4, -0.2) is 37.8 Å². The van der Waals surface area contributed by atoms with Gasteiger partial charge in [0.1, 0.15) is 23.8 Å². The molecule has 7 nitrogen and oxygen atoms in total. The Balaban J connectivity index is 2.31. The van der Waals surface area contributed by atoms with Crippen molar-refractivity contribution in [2.45, 2.75) is 12.1 Å². The topological polar surface area (TPSA) is 82.1 Å². The summed E-state index contributed by atoms with van der Waals surface area (Å²) >= 11 is 5.94. The quantitative estimate of drug-likeness (QED) is 0.700. The number of hydrogen-bond donors (Lipinski definition) is 0. The number of amides is 1. The van der Waals surface area contributed by atoms with Gasteiger partial charge in [-0.2, -0.15) is 0 Å². The molecule has 0 aromatic heterocycles. The van der Waals surface area contributed by atoms with Gasteiger partial charge in [0.25, 0.3) is 11.6 Å². The summed E-state index contributed by atoms with van der Waals surface area (Å²) in [6.45, 7) is 0. The SMILES string of the molecule is COC(=O)C[C@@]1(C(=O)OC)Oc2ccc(Cl)cc2C(=O)N1c1ccc(F)cc1F. The van der Waals surface area contributed by atoms with Crippen LogP contribution in [0.2, 0.25) is 5.02 Å². The highest BCUT2D eigenvalue weighted by Gasteiger charge is 2.57. The van der Waals surface area contributed by atoms with Crippen molar-refractivity contribution in [1.29, 1.82) is 0 Å². The Kier molecular flexibility index (Phi) is 5.43. The fourth-order valence-electron chi connectivity index (χ4n) is 2.98. The maximum Gasteiger partial charge on any atom is 0.373 e. The van der Waals surface area contributed by atoms with Crippen molar-refractivity contribution in [1.82, 2.24) is 0 Å². The first-order valence-electron chi connectivity index (χ1n) is 8.17. The molecule has 0 aliphatic carbocycles. The summed E-state index contributed by atoms with van der Waals surface area (Å²) in [7, 11) is 2.07. The number of benzene rings is 2. The Bertz CT molecular complexity index is 1010. The van der Waals surface area contributed by atoms with Crippen LogP contribution in [0.15, 0.2) is 36.4 Å². The molecule has 2 aromatic carbocycles. The van der Waals surface area contributed by atoms with Gasteiger partial charge in [0.2, 0.25) is 0 Å². The molecule has 1 atom stereocenters. The second-order valence-corrected chi connectivity index (χ2v) is 6.44. The molecule has 1 heterocycles. The highest BCUT2D eigenvalue weighted by molar-refractivity contribution is 6.31. The monoisotopic (exact) mass is 425 g/mol.